The molecule has 3 rings (SSSR count). The highest BCUT2D eigenvalue weighted by Gasteiger charge is 2.24. The maximum absolute atomic E-state index is 14.6. The zero-order chi connectivity index (χ0) is 20.5. The van der Waals surface area contributed by atoms with Gasteiger partial charge in [0.1, 0.15) is 11.5 Å². The third kappa shape index (κ3) is 4.42. The van der Waals surface area contributed by atoms with E-state index in [0.29, 0.717) is 8.45 Å². The monoisotopic (exact) mass is 539 g/mol. The molecule has 0 radical (unpaired) electrons. The number of halogens is 4. The quantitative estimate of drug-likeness (QED) is 0.384. The molecule has 0 saturated carbocycles. The van der Waals surface area contributed by atoms with Crippen molar-refractivity contribution in [1.82, 2.24) is 4.72 Å². The van der Waals surface area contributed by atoms with E-state index in [-0.39, 0.29) is 16.9 Å². The maximum Gasteiger partial charge on any atom is 0.298 e. The van der Waals surface area contributed by atoms with Crippen molar-refractivity contribution in [1.29, 1.82) is 0 Å². The molecule has 0 aliphatic rings. The van der Waals surface area contributed by atoms with Crippen LogP contribution < -0.4 is 14.8 Å². The van der Waals surface area contributed by atoms with Crippen LogP contribution in [0, 0.1) is 21.0 Å². The molecule has 0 spiro atoms. The summed E-state index contributed by atoms with van der Waals surface area (Å²) < 4.78 is 72.2. The highest BCUT2D eigenvalue weighted by molar-refractivity contribution is 14.1. The molecule has 0 saturated heterocycles. The summed E-state index contributed by atoms with van der Waals surface area (Å²) in [4.78, 5) is 0.499. The lowest BCUT2D eigenvalue weighted by molar-refractivity contribution is 0.512. The van der Waals surface area contributed by atoms with Crippen LogP contribution in [0.15, 0.2) is 41.8 Å². The Morgan fingerprint density at radius 1 is 1.04 bits per heavy atom. The number of benzene rings is 2. The average Bonchev–Trinajstić information content (AvgIpc) is 3.17. The summed E-state index contributed by atoms with van der Waals surface area (Å²) in [7, 11) is -2.90. The lowest BCUT2D eigenvalue weighted by atomic mass is 10.1. The van der Waals surface area contributed by atoms with Crippen molar-refractivity contribution >= 4 is 61.2 Å². The molecule has 5 nitrogen and oxygen atoms in total. The maximum atomic E-state index is 14.6. The molecule has 0 bridgehead atoms. The molecule has 0 atom stereocenters. The second-order valence-corrected chi connectivity index (χ2v) is 9.32. The molecule has 0 aliphatic heterocycles. The Balaban J connectivity index is 2.24. The topological polar surface area (TPSA) is 70.2 Å². The van der Waals surface area contributed by atoms with Crippen molar-refractivity contribution < 1.29 is 21.6 Å². The van der Waals surface area contributed by atoms with Gasteiger partial charge in [0.15, 0.2) is 11.6 Å². The second kappa shape index (κ2) is 8.27. The van der Waals surface area contributed by atoms with E-state index in [1.165, 1.54) is 30.5 Å². The summed E-state index contributed by atoms with van der Waals surface area (Å²) in [5.41, 5.74) is -0.788. The van der Waals surface area contributed by atoms with Crippen LogP contribution in [0.3, 0.4) is 0 Å². The van der Waals surface area contributed by atoms with Crippen LogP contribution in [-0.2, 0) is 10.2 Å². The highest BCUT2D eigenvalue weighted by Crippen LogP contribution is 2.41. The number of rotatable bonds is 6. The second-order valence-electron chi connectivity index (χ2n) is 5.51. The standard InChI is InChI=1S/C17H13F3IN3O2S2/c1-22-28(25,26)24-16-10(14-3-2-6-27-14)8-12(19)15(20)17(16)23-13-5-4-9(21)7-11(13)18/h2-8,22-24H,1H3. The van der Waals surface area contributed by atoms with Gasteiger partial charge in [-0.1, -0.05) is 6.07 Å². The lowest BCUT2D eigenvalue weighted by Crippen LogP contribution is -2.27. The minimum Gasteiger partial charge on any atom is -0.349 e. The van der Waals surface area contributed by atoms with Crippen LogP contribution in [0.25, 0.3) is 10.4 Å². The van der Waals surface area contributed by atoms with Crippen molar-refractivity contribution in [3.8, 4) is 10.4 Å². The van der Waals surface area contributed by atoms with Gasteiger partial charge < -0.3 is 5.32 Å². The van der Waals surface area contributed by atoms with Crippen LogP contribution in [0.5, 0.6) is 0 Å². The molecule has 0 unspecified atom stereocenters. The van der Waals surface area contributed by atoms with Crippen molar-refractivity contribution in [2.75, 3.05) is 17.1 Å². The number of anilines is 3. The fraction of sp³-hybridized carbons (Fsp3) is 0.0588. The lowest BCUT2D eigenvalue weighted by Gasteiger charge is -2.19. The van der Waals surface area contributed by atoms with Crippen LogP contribution in [-0.4, -0.2) is 15.5 Å². The summed E-state index contributed by atoms with van der Waals surface area (Å²) in [6.07, 6.45) is 0. The normalized spacial score (nSPS) is 11.5. The molecule has 11 heteroatoms. The van der Waals surface area contributed by atoms with E-state index in [2.05, 4.69) is 14.8 Å². The van der Waals surface area contributed by atoms with Gasteiger partial charge in [-0.2, -0.15) is 8.42 Å². The molecule has 0 fully saturated rings. The Kier molecular flexibility index (Phi) is 6.17. The molecule has 2 aromatic carbocycles. The molecule has 1 aromatic heterocycles. The van der Waals surface area contributed by atoms with Crippen LogP contribution >= 0.6 is 33.9 Å². The first-order chi connectivity index (χ1) is 13.2. The SMILES string of the molecule is CNS(=O)(=O)Nc1c(-c2cccs2)cc(F)c(F)c1Nc1ccc(I)cc1F. The third-order valence-electron chi connectivity index (χ3n) is 3.70. The van der Waals surface area contributed by atoms with Gasteiger partial charge in [-0.15, -0.1) is 11.3 Å². The summed E-state index contributed by atoms with van der Waals surface area (Å²) in [6.45, 7) is 0. The van der Waals surface area contributed by atoms with Gasteiger partial charge in [0.25, 0.3) is 10.2 Å². The molecular weight excluding hydrogens is 526 g/mol. The van der Waals surface area contributed by atoms with Crippen molar-refractivity contribution in [3.05, 3.63) is 62.8 Å². The fourth-order valence-corrected chi connectivity index (χ4v) is 4.17. The van der Waals surface area contributed by atoms with Gasteiger partial charge in [0, 0.05) is 21.1 Å². The Morgan fingerprint density at radius 3 is 2.39 bits per heavy atom. The van der Waals surface area contributed by atoms with Gasteiger partial charge >= 0.3 is 0 Å². The Labute approximate surface area is 177 Å². The van der Waals surface area contributed by atoms with Crippen LogP contribution in [0.4, 0.5) is 30.2 Å². The van der Waals surface area contributed by atoms with Crippen LogP contribution in [0.2, 0.25) is 0 Å². The number of hydrogen-bond acceptors (Lipinski definition) is 4. The Hall–Kier alpha value is -1.83. The zero-order valence-corrected chi connectivity index (χ0v) is 18.0. The van der Waals surface area contributed by atoms with E-state index in [4.69, 9.17) is 0 Å². The highest BCUT2D eigenvalue weighted by atomic mass is 127. The van der Waals surface area contributed by atoms with Gasteiger partial charge in [-0.25, -0.2) is 17.9 Å². The number of hydrogen-bond donors (Lipinski definition) is 3. The average molecular weight is 539 g/mol. The summed E-state index contributed by atoms with van der Waals surface area (Å²) in [5, 5.41) is 4.19. The van der Waals surface area contributed by atoms with Crippen molar-refractivity contribution in [2.45, 2.75) is 0 Å². The first-order valence-electron chi connectivity index (χ1n) is 7.71. The van der Waals surface area contributed by atoms with E-state index >= 15 is 0 Å². The Bertz CT molecular complexity index is 1120. The fourth-order valence-electron chi connectivity index (χ4n) is 2.39. The zero-order valence-electron chi connectivity index (χ0n) is 14.2. The van der Waals surface area contributed by atoms with Gasteiger partial charge in [0.05, 0.1) is 11.4 Å². The molecule has 1 heterocycles. The first-order valence-corrected chi connectivity index (χ1v) is 11.1. The van der Waals surface area contributed by atoms with E-state index in [1.54, 1.807) is 23.6 Å². The summed E-state index contributed by atoms with van der Waals surface area (Å²) >= 11 is 3.12. The summed E-state index contributed by atoms with van der Waals surface area (Å²) in [6, 6.07) is 8.33. The van der Waals surface area contributed by atoms with Gasteiger partial charge in [0.2, 0.25) is 0 Å². The smallest absolute Gasteiger partial charge is 0.298 e. The molecule has 28 heavy (non-hydrogen) atoms. The molecular formula is C17H13F3IN3O2S2. The molecule has 3 N–H and O–H groups in total. The minimum atomic E-state index is -4.07. The number of thiophene rings is 1. The Morgan fingerprint density at radius 2 is 1.79 bits per heavy atom. The molecule has 0 aliphatic carbocycles. The van der Waals surface area contributed by atoms with Gasteiger partial charge in [-0.3, -0.25) is 4.72 Å². The predicted molar refractivity (Wildman–Crippen MR) is 114 cm³/mol. The molecule has 0 amide bonds. The van der Waals surface area contributed by atoms with Gasteiger partial charge in [-0.05, 0) is 58.3 Å². The summed E-state index contributed by atoms with van der Waals surface area (Å²) in [5.74, 6) is -3.24. The van der Waals surface area contributed by atoms with E-state index in [0.717, 1.165) is 6.07 Å². The minimum absolute atomic E-state index is 0.112. The van der Waals surface area contributed by atoms with Crippen molar-refractivity contribution in [2.24, 2.45) is 0 Å². The predicted octanol–water partition coefficient (Wildman–Crippen LogP) is 5.06. The van der Waals surface area contributed by atoms with E-state index in [1.807, 2.05) is 22.6 Å². The first kappa shape index (κ1) is 20.9. The molecule has 148 valence electrons. The van der Waals surface area contributed by atoms with E-state index in [9.17, 15) is 21.6 Å². The van der Waals surface area contributed by atoms with E-state index < -0.39 is 33.3 Å². The van der Waals surface area contributed by atoms with Crippen LogP contribution in [0.1, 0.15) is 0 Å². The van der Waals surface area contributed by atoms with Crippen molar-refractivity contribution in [3.63, 3.8) is 0 Å². The largest absolute Gasteiger partial charge is 0.349 e. The third-order valence-corrected chi connectivity index (χ3v) is 6.29. The molecule has 3 aromatic rings. The number of nitrogens with one attached hydrogen (secondary N) is 3.